The molecule has 0 aliphatic rings. The third-order valence-electron chi connectivity index (χ3n) is 1.58. The summed E-state index contributed by atoms with van der Waals surface area (Å²) in [5.41, 5.74) is 5.46. The lowest BCUT2D eigenvalue weighted by molar-refractivity contribution is 0.286. The smallest absolute Gasteiger partial charge is 0.131 e. The van der Waals surface area contributed by atoms with Crippen LogP contribution in [0.4, 0.5) is 11.6 Å². The van der Waals surface area contributed by atoms with Crippen molar-refractivity contribution in [2.24, 2.45) is 0 Å². The highest BCUT2D eigenvalue weighted by molar-refractivity contribution is 5.42. The molecule has 0 spiro atoms. The summed E-state index contributed by atoms with van der Waals surface area (Å²) in [6.07, 6.45) is 3.14. The van der Waals surface area contributed by atoms with Crippen molar-refractivity contribution in [3.63, 3.8) is 0 Å². The topological polar surface area (TPSA) is 84.1 Å². The quantitative estimate of drug-likeness (QED) is 0.568. The molecule has 13 heavy (non-hydrogen) atoms. The Morgan fingerprint density at radius 1 is 1.38 bits per heavy atom. The van der Waals surface area contributed by atoms with E-state index in [1.807, 2.05) is 0 Å². The predicted octanol–water partition coefficient (Wildman–Crippen LogP) is 0.243. The maximum Gasteiger partial charge on any atom is 0.131 e. The van der Waals surface area contributed by atoms with Gasteiger partial charge in [0, 0.05) is 19.2 Å². The molecule has 1 aromatic rings. The third kappa shape index (κ3) is 3.71. The highest BCUT2D eigenvalue weighted by atomic mass is 16.2. The number of unbranched alkanes of at least 4 members (excludes halogenated alkanes) is 1. The van der Waals surface area contributed by atoms with Gasteiger partial charge in [0.2, 0.25) is 0 Å². The Labute approximate surface area is 77.0 Å². The average Bonchev–Trinajstić information content (AvgIpc) is 2.13. The SMILES string of the molecule is Nc1cc(NCCCCO)ncn1. The fraction of sp³-hybridized carbons (Fsp3) is 0.500. The van der Waals surface area contributed by atoms with Crippen LogP contribution in [0.25, 0.3) is 0 Å². The molecule has 0 amide bonds. The van der Waals surface area contributed by atoms with Gasteiger partial charge in [-0.2, -0.15) is 0 Å². The Hall–Kier alpha value is -1.36. The van der Waals surface area contributed by atoms with Crippen LogP contribution in [0, 0.1) is 0 Å². The normalized spacial score (nSPS) is 9.92. The fourth-order valence-corrected chi connectivity index (χ4v) is 0.922. The van der Waals surface area contributed by atoms with E-state index in [0.29, 0.717) is 5.82 Å². The van der Waals surface area contributed by atoms with Crippen molar-refractivity contribution in [3.8, 4) is 0 Å². The van der Waals surface area contributed by atoms with Crippen LogP contribution < -0.4 is 11.1 Å². The van der Waals surface area contributed by atoms with Gasteiger partial charge in [-0.25, -0.2) is 9.97 Å². The Balaban J connectivity index is 2.28. The first kappa shape index (κ1) is 9.73. The fourth-order valence-electron chi connectivity index (χ4n) is 0.922. The molecule has 4 N–H and O–H groups in total. The zero-order valence-corrected chi connectivity index (χ0v) is 7.40. The van der Waals surface area contributed by atoms with Crippen LogP contribution in [0.1, 0.15) is 12.8 Å². The molecule has 0 aliphatic carbocycles. The molecule has 0 aromatic carbocycles. The van der Waals surface area contributed by atoms with Crippen molar-refractivity contribution in [2.75, 3.05) is 24.2 Å². The lowest BCUT2D eigenvalue weighted by Gasteiger charge is -2.03. The van der Waals surface area contributed by atoms with Crippen molar-refractivity contribution < 1.29 is 5.11 Å². The summed E-state index contributed by atoms with van der Waals surface area (Å²) in [6, 6.07) is 1.68. The number of rotatable bonds is 5. The molecule has 0 bridgehead atoms. The molecule has 1 heterocycles. The number of anilines is 2. The highest BCUT2D eigenvalue weighted by Gasteiger charge is 1.93. The van der Waals surface area contributed by atoms with E-state index in [-0.39, 0.29) is 6.61 Å². The Morgan fingerprint density at radius 3 is 2.92 bits per heavy atom. The number of nitrogens with two attached hydrogens (primary N) is 1. The number of hydrogen-bond acceptors (Lipinski definition) is 5. The lowest BCUT2D eigenvalue weighted by atomic mass is 10.3. The van der Waals surface area contributed by atoms with Crippen molar-refractivity contribution in [2.45, 2.75) is 12.8 Å². The number of nitrogens with zero attached hydrogens (tertiary/aromatic N) is 2. The summed E-state index contributed by atoms with van der Waals surface area (Å²) in [6.45, 7) is 1.02. The van der Waals surface area contributed by atoms with E-state index in [0.717, 1.165) is 25.2 Å². The van der Waals surface area contributed by atoms with Gasteiger partial charge < -0.3 is 16.2 Å². The Bertz CT molecular complexity index is 254. The summed E-state index contributed by atoms with van der Waals surface area (Å²) < 4.78 is 0. The lowest BCUT2D eigenvalue weighted by Crippen LogP contribution is -2.05. The molecule has 1 rings (SSSR count). The number of aromatic nitrogens is 2. The van der Waals surface area contributed by atoms with Gasteiger partial charge in [-0.05, 0) is 12.8 Å². The monoisotopic (exact) mass is 182 g/mol. The van der Waals surface area contributed by atoms with Gasteiger partial charge in [0.25, 0.3) is 0 Å². The van der Waals surface area contributed by atoms with E-state index in [4.69, 9.17) is 10.8 Å². The summed E-state index contributed by atoms with van der Waals surface area (Å²) >= 11 is 0. The molecular weight excluding hydrogens is 168 g/mol. The van der Waals surface area contributed by atoms with Crippen LogP contribution in [0.2, 0.25) is 0 Å². The molecule has 0 saturated heterocycles. The molecule has 0 saturated carbocycles. The molecule has 0 radical (unpaired) electrons. The van der Waals surface area contributed by atoms with Crippen molar-refractivity contribution in [1.82, 2.24) is 9.97 Å². The van der Waals surface area contributed by atoms with Crippen LogP contribution >= 0.6 is 0 Å². The second kappa shape index (κ2) is 5.31. The minimum Gasteiger partial charge on any atom is -0.396 e. The maximum atomic E-state index is 8.53. The molecule has 5 nitrogen and oxygen atoms in total. The molecule has 0 unspecified atom stereocenters. The standard InChI is InChI=1S/C8H14N4O/c9-7-5-8(12-6-11-7)10-3-1-2-4-13/h5-6,13H,1-4H2,(H3,9,10,11,12). The van der Waals surface area contributed by atoms with E-state index in [1.165, 1.54) is 6.33 Å². The van der Waals surface area contributed by atoms with Gasteiger partial charge in [-0.15, -0.1) is 0 Å². The van der Waals surface area contributed by atoms with Crippen molar-refractivity contribution >= 4 is 11.6 Å². The minimum absolute atomic E-state index is 0.230. The van der Waals surface area contributed by atoms with Gasteiger partial charge in [0.15, 0.2) is 0 Å². The van der Waals surface area contributed by atoms with Crippen LogP contribution in [0.5, 0.6) is 0 Å². The van der Waals surface area contributed by atoms with Crippen LogP contribution in [0.15, 0.2) is 12.4 Å². The average molecular weight is 182 g/mol. The van der Waals surface area contributed by atoms with Crippen molar-refractivity contribution in [1.29, 1.82) is 0 Å². The summed E-state index contributed by atoms with van der Waals surface area (Å²) in [7, 11) is 0. The van der Waals surface area contributed by atoms with Gasteiger partial charge in [-0.3, -0.25) is 0 Å². The van der Waals surface area contributed by atoms with E-state index in [1.54, 1.807) is 6.07 Å². The second-order valence-corrected chi connectivity index (χ2v) is 2.69. The zero-order chi connectivity index (χ0) is 9.52. The predicted molar refractivity (Wildman–Crippen MR) is 51.3 cm³/mol. The highest BCUT2D eigenvalue weighted by Crippen LogP contribution is 2.04. The van der Waals surface area contributed by atoms with Crippen LogP contribution in [-0.2, 0) is 0 Å². The summed E-state index contributed by atoms with van der Waals surface area (Å²) in [4.78, 5) is 7.74. The zero-order valence-electron chi connectivity index (χ0n) is 7.40. The molecule has 1 aromatic heterocycles. The number of hydrogen-bond donors (Lipinski definition) is 3. The first-order chi connectivity index (χ1) is 6.33. The molecule has 0 atom stereocenters. The number of nitrogen functional groups attached to an aromatic ring is 1. The molecule has 72 valence electrons. The maximum absolute atomic E-state index is 8.53. The third-order valence-corrected chi connectivity index (χ3v) is 1.58. The largest absolute Gasteiger partial charge is 0.396 e. The van der Waals surface area contributed by atoms with E-state index >= 15 is 0 Å². The van der Waals surface area contributed by atoms with Gasteiger partial charge in [-0.1, -0.05) is 0 Å². The summed E-state index contributed by atoms with van der Waals surface area (Å²) in [5.74, 6) is 1.19. The van der Waals surface area contributed by atoms with Crippen molar-refractivity contribution in [3.05, 3.63) is 12.4 Å². The van der Waals surface area contributed by atoms with Gasteiger partial charge >= 0.3 is 0 Å². The van der Waals surface area contributed by atoms with Crippen LogP contribution in [0.3, 0.4) is 0 Å². The van der Waals surface area contributed by atoms with Gasteiger partial charge in [0.05, 0.1) is 0 Å². The van der Waals surface area contributed by atoms with E-state index < -0.39 is 0 Å². The minimum atomic E-state index is 0.230. The van der Waals surface area contributed by atoms with E-state index in [2.05, 4.69) is 15.3 Å². The van der Waals surface area contributed by atoms with Gasteiger partial charge in [0.1, 0.15) is 18.0 Å². The first-order valence-corrected chi connectivity index (χ1v) is 4.25. The first-order valence-electron chi connectivity index (χ1n) is 4.25. The number of aliphatic hydroxyl groups is 1. The van der Waals surface area contributed by atoms with E-state index in [9.17, 15) is 0 Å². The number of nitrogens with one attached hydrogen (secondary N) is 1. The molecule has 0 fully saturated rings. The Morgan fingerprint density at radius 2 is 2.23 bits per heavy atom. The summed E-state index contributed by atoms with van der Waals surface area (Å²) in [5, 5.41) is 11.6. The second-order valence-electron chi connectivity index (χ2n) is 2.69. The molecular formula is C8H14N4O. The Kier molecular flexibility index (Phi) is 3.98. The molecule has 5 heteroatoms. The van der Waals surface area contributed by atoms with Crippen LogP contribution in [-0.4, -0.2) is 28.2 Å². The number of aliphatic hydroxyl groups excluding tert-OH is 1. The molecule has 0 aliphatic heterocycles.